The fourth-order valence-corrected chi connectivity index (χ4v) is 3.92. The van der Waals surface area contributed by atoms with Gasteiger partial charge in [0.1, 0.15) is 11.9 Å². The summed E-state index contributed by atoms with van der Waals surface area (Å²) in [5, 5.41) is 0.714. The second kappa shape index (κ2) is 10.1. The third-order valence-electron chi connectivity index (χ3n) is 5.55. The molecule has 0 bridgehead atoms. The zero-order chi connectivity index (χ0) is 20.8. The Morgan fingerprint density at radius 3 is 2.66 bits per heavy atom. The molecule has 1 aliphatic heterocycles. The van der Waals surface area contributed by atoms with E-state index in [0.717, 1.165) is 42.8 Å². The van der Waals surface area contributed by atoms with Gasteiger partial charge in [-0.3, -0.25) is 4.90 Å². The van der Waals surface area contributed by atoms with Gasteiger partial charge in [0.05, 0.1) is 6.04 Å². The Bertz CT molecular complexity index is 835. The number of methoxy groups -OCH3 is 1. The molecular formula is C24H31ClN2O2. The average Bonchev–Trinajstić information content (AvgIpc) is 2.74. The van der Waals surface area contributed by atoms with E-state index in [2.05, 4.69) is 49.2 Å². The van der Waals surface area contributed by atoms with Crippen LogP contribution in [-0.4, -0.2) is 38.3 Å². The quantitative estimate of drug-likeness (QED) is 0.573. The topological polar surface area (TPSA) is 47.7 Å². The number of nitrogen functional groups attached to an aromatic ring is 1. The molecule has 4 nitrogen and oxygen atoms in total. The number of likely N-dealkylation sites (N-methyl/N-ethyl adjacent to an activating group) is 1. The van der Waals surface area contributed by atoms with Crippen molar-refractivity contribution in [1.29, 1.82) is 0 Å². The Morgan fingerprint density at radius 1 is 1.21 bits per heavy atom. The lowest BCUT2D eigenvalue weighted by Crippen LogP contribution is -2.28. The number of rotatable bonds is 8. The van der Waals surface area contributed by atoms with Gasteiger partial charge < -0.3 is 15.2 Å². The van der Waals surface area contributed by atoms with E-state index in [0.29, 0.717) is 11.6 Å². The van der Waals surface area contributed by atoms with Crippen LogP contribution < -0.4 is 10.5 Å². The van der Waals surface area contributed by atoms with Crippen molar-refractivity contribution in [2.24, 2.45) is 0 Å². The summed E-state index contributed by atoms with van der Waals surface area (Å²) in [5.74, 6) is 0.901. The molecule has 0 radical (unpaired) electrons. The Hall–Kier alpha value is -2.01. The molecule has 2 N–H and O–H groups in total. The Morgan fingerprint density at radius 2 is 1.97 bits per heavy atom. The van der Waals surface area contributed by atoms with Gasteiger partial charge in [-0.1, -0.05) is 36.7 Å². The van der Waals surface area contributed by atoms with Crippen molar-refractivity contribution in [2.45, 2.75) is 38.3 Å². The Balaban J connectivity index is 1.78. The van der Waals surface area contributed by atoms with E-state index >= 15 is 0 Å². The Kier molecular flexibility index (Phi) is 7.59. The van der Waals surface area contributed by atoms with Crippen LogP contribution in [0.5, 0.6) is 5.75 Å². The van der Waals surface area contributed by atoms with E-state index in [9.17, 15) is 0 Å². The highest BCUT2D eigenvalue weighted by Gasteiger charge is 2.22. The highest BCUT2D eigenvalue weighted by molar-refractivity contribution is 6.30. The van der Waals surface area contributed by atoms with Crippen LogP contribution in [0.25, 0.3) is 5.57 Å². The molecule has 2 atom stereocenters. The highest BCUT2D eigenvalue weighted by Crippen LogP contribution is 2.36. The molecule has 0 saturated heterocycles. The maximum absolute atomic E-state index is 6.21. The fourth-order valence-electron chi connectivity index (χ4n) is 3.75. The van der Waals surface area contributed by atoms with Crippen molar-refractivity contribution in [3.63, 3.8) is 0 Å². The monoisotopic (exact) mass is 414 g/mol. The lowest BCUT2D eigenvalue weighted by molar-refractivity contribution is 0.123. The first kappa shape index (κ1) is 21.7. The van der Waals surface area contributed by atoms with Gasteiger partial charge in [0.15, 0.2) is 0 Å². The van der Waals surface area contributed by atoms with Crippen molar-refractivity contribution in [3.05, 3.63) is 64.7 Å². The number of hydrogen-bond acceptors (Lipinski definition) is 4. The molecule has 0 aromatic heterocycles. The number of halogens is 1. The molecule has 0 saturated carbocycles. The number of anilines is 1. The summed E-state index contributed by atoms with van der Waals surface area (Å²) in [6.45, 7) is 3.82. The molecule has 0 spiro atoms. The Labute approximate surface area is 179 Å². The second-order valence-electron chi connectivity index (χ2n) is 7.60. The average molecular weight is 415 g/mol. The van der Waals surface area contributed by atoms with E-state index < -0.39 is 0 Å². The van der Waals surface area contributed by atoms with Crippen LogP contribution in [0.4, 0.5) is 5.69 Å². The molecule has 2 aromatic carbocycles. The molecule has 156 valence electrons. The van der Waals surface area contributed by atoms with E-state index in [1.54, 1.807) is 7.11 Å². The summed E-state index contributed by atoms with van der Waals surface area (Å²) in [5.41, 5.74) is 10.5. The second-order valence-corrected chi connectivity index (χ2v) is 8.03. The SMILES string of the molecule is CCC(CCOC)Oc1ccc(C2C=C(c3cc(Cl)ccc3N)CCN2C)cc1. The van der Waals surface area contributed by atoms with Crippen LogP contribution in [0.1, 0.15) is 43.4 Å². The summed E-state index contributed by atoms with van der Waals surface area (Å²) < 4.78 is 11.3. The largest absolute Gasteiger partial charge is 0.490 e. The summed E-state index contributed by atoms with van der Waals surface area (Å²) in [7, 11) is 3.88. The molecule has 1 heterocycles. The normalized spacial score (nSPS) is 18.3. The third kappa shape index (κ3) is 5.53. The maximum atomic E-state index is 6.21. The molecule has 2 aromatic rings. The van der Waals surface area contributed by atoms with Gasteiger partial charge in [0.2, 0.25) is 0 Å². The van der Waals surface area contributed by atoms with Gasteiger partial charge >= 0.3 is 0 Å². The molecule has 5 heteroatoms. The molecule has 0 fully saturated rings. The molecule has 0 aliphatic carbocycles. The van der Waals surface area contributed by atoms with E-state index in [1.165, 1.54) is 11.1 Å². The first-order valence-corrected chi connectivity index (χ1v) is 10.6. The maximum Gasteiger partial charge on any atom is 0.119 e. The minimum absolute atomic E-state index is 0.176. The van der Waals surface area contributed by atoms with Crippen LogP contribution in [0, 0.1) is 0 Å². The third-order valence-corrected chi connectivity index (χ3v) is 5.79. The number of benzene rings is 2. The van der Waals surface area contributed by atoms with Crippen LogP contribution in [0.2, 0.25) is 5.02 Å². The van der Waals surface area contributed by atoms with Crippen LogP contribution in [-0.2, 0) is 4.74 Å². The minimum atomic E-state index is 0.176. The molecule has 0 amide bonds. The highest BCUT2D eigenvalue weighted by atomic mass is 35.5. The number of nitrogens with zero attached hydrogens (tertiary/aromatic N) is 1. The molecule has 3 rings (SSSR count). The first-order chi connectivity index (χ1) is 14.0. The number of ether oxygens (including phenoxy) is 2. The number of hydrogen-bond donors (Lipinski definition) is 1. The van der Waals surface area contributed by atoms with Gasteiger partial charge in [-0.15, -0.1) is 0 Å². The van der Waals surface area contributed by atoms with Gasteiger partial charge in [-0.05, 0) is 61.4 Å². The lowest BCUT2D eigenvalue weighted by Gasteiger charge is -2.32. The standard InChI is InChI=1S/C24H31ClN2O2/c1-4-20(12-14-28-3)29-21-8-5-17(6-9-21)24-15-18(11-13-27(24)2)22-16-19(25)7-10-23(22)26/h5-10,15-16,20,24H,4,11-14,26H2,1-3H3. The zero-order valence-electron chi connectivity index (χ0n) is 17.5. The van der Waals surface area contributed by atoms with E-state index in [4.69, 9.17) is 26.8 Å². The van der Waals surface area contributed by atoms with Crippen molar-refractivity contribution >= 4 is 22.9 Å². The summed E-state index contributed by atoms with van der Waals surface area (Å²) >= 11 is 6.21. The zero-order valence-corrected chi connectivity index (χ0v) is 18.3. The van der Waals surface area contributed by atoms with Crippen molar-refractivity contribution in [3.8, 4) is 5.75 Å². The molecular weight excluding hydrogens is 384 g/mol. The number of nitrogens with two attached hydrogens (primary N) is 1. The fraction of sp³-hybridized carbons (Fsp3) is 0.417. The minimum Gasteiger partial charge on any atom is -0.490 e. The smallest absolute Gasteiger partial charge is 0.119 e. The molecule has 1 aliphatic rings. The molecule has 2 unspecified atom stereocenters. The first-order valence-electron chi connectivity index (χ1n) is 10.2. The van der Waals surface area contributed by atoms with E-state index in [-0.39, 0.29) is 12.1 Å². The van der Waals surface area contributed by atoms with Crippen molar-refractivity contribution in [2.75, 3.05) is 33.0 Å². The van der Waals surface area contributed by atoms with E-state index in [1.807, 2.05) is 18.2 Å². The predicted molar refractivity (Wildman–Crippen MR) is 121 cm³/mol. The summed E-state index contributed by atoms with van der Waals surface area (Å²) in [6.07, 6.45) is 5.29. The van der Waals surface area contributed by atoms with Gasteiger partial charge in [-0.25, -0.2) is 0 Å². The summed E-state index contributed by atoms with van der Waals surface area (Å²) in [4.78, 5) is 2.35. The van der Waals surface area contributed by atoms with Gasteiger partial charge in [0.25, 0.3) is 0 Å². The van der Waals surface area contributed by atoms with Crippen LogP contribution in [0.3, 0.4) is 0 Å². The van der Waals surface area contributed by atoms with Crippen LogP contribution in [0.15, 0.2) is 48.5 Å². The van der Waals surface area contributed by atoms with Gasteiger partial charge in [-0.2, -0.15) is 0 Å². The summed E-state index contributed by atoms with van der Waals surface area (Å²) in [6, 6.07) is 14.3. The lowest BCUT2D eigenvalue weighted by atomic mass is 9.92. The predicted octanol–water partition coefficient (Wildman–Crippen LogP) is 5.58. The molecule has 29 heavy (non-hydrogen) atoms. The van der Waals surface area contributed by atoms with Crippen LogP contribution >= 0.6 is 11.6 Å². The van der Waals surface area contributed by atoms with Gasteiger partial charge in [0, 0.05) is 43.0 Å². The van der Waals surface area contributed by atoms with Crippen molar-refractivity contribution in [1.82, 2.24) is 4.90 Å². The van der Waals surface area contributed by atoms with Crippen molar-refractivity contribution < 1.29 is 9.47 Å².